The summed E-state index contributed by atoms with van der Waals surface area (Å²) in [7, 11) is 0. The van der Waals surface area contributed by atoms with E-state index in [4.69, 9.17) is 0 Å². The monoisotopic (exact) mass is 923 g/mol. The summed E-state index contributed by atoms with van der Waals surface area (Å²) in [5.74, 6) is 1.63. The summed E-state index contributed by atoms with van der Waals surface area (Å²) in [6, 6.07) is 19.8. The summed E-state index contributed by atoms with van der Waals surface area (Å²) < 4.78 is 41.3. The Kier molecular flexibility index (Phi) is 14.7. The number of hydrogen-bond acceptors (Lipinski definition) is 4. The van der Waals surface area contributed by atoms with E-state index in [2.05, 4.69) is 104 Å². The van der Waals surface area contributed by atoms with E-state index in [0.29, 0.717) is 23.7 Å². The number of aromatic nitrogens is 1. The zero-order valence-electron chi connectivity index (χ0n) is 33.1. The number of carbonyl (C=O) groups excluding carboxylic acids is 1. The van der Waals surface area contributed by atoms with E-state index in [9.17, 15) is 23.1 Å². The Balaban J connectivity index is 0.000000327. The predicted octanol–water partition coefficient (Wildman–Crippen LogP) is 13.7. The van der Waals surface area contributed by atoms with Gasteiger partial charge < -0.3 is 10.1 Å². The third-order valence-electron chi connectivity index (χ3n) is 10.1. The number of nitrogens with zero attached hydrogens (tertiary/aromatic N) is 1. The fraction of sp³-hybridized carbons (Fsp3) is 0.467. The number of allylic oxidation sites excluding steroid dienone is 2. The van der Waals surface area contributed by atoms with Crippen LogP contribution in [0.4, 0.5) is 13.2 Å². The first-order valence-corrected chi connectivity index (χ1v) is 19.2. The van der Waals surface area contributed by atoms with Crippen LogP contribution in [-0.4, -0.2) is 22.1 Å². The average Bonchev–Trinajstić information content (AvgIpc) is 3.41. The van der Waals surface area contributed by atoms with Crippen molar-refractivity contribution < 1.29 is 43.2 Å². The van der Waals surface area contributed by atoms with Gasteiger partial charge in [-0.3, -0.25) is 4.79 Å². The van der Waals surface area contributed by atoms with Gasteiger partial charge in [-0.05, 0) is 75.5 Å². The van der Waals surface area contributed by atoms with Crippen LogP contribution in [-0.2, 0) is 31.3 Å². The van der Waals surface area contributed by atoms with Crippen LogP contribution in [0.25, 0.3) is 42.9 Å². The minimum absolute atomic E-state index is 0. The number of aliphatic hydroxyl groups excluding tert-OH is 1. The number of ketones is 1. The normalized spacial score (nSPS) is 12.9. The van der Waals surface area contributed by atoms with Crippen molar-refractivity contribution in [2.75, 3.05) is 0 Å². The molecule has 0 fully saturated rings. The van der Waals surface area contributed by atoms with Crippen molar-refractivity contribution in [2.45, 2.75) is 95.7 Å². The molecule has 0 unspecified atom stereocenters. The van der Waals surface area contributed by atoms with E-state index in [0.717, 1.165) is 58.9 Å². The Hall–Kier alpha value is -3.06. The molecule has 0 atom stereocenters. The molecule has 0 saturated carbocycles. The molecule has 2 heterocycles. The quantitative estimate of drug-likeness (QED) is 0.0657. The molecule has 0 amide bonds. The molecular formula is C45H55F3IrNO2S-. The minimum Gasteiger partial charge on any atom is -0.512 e. The Morgan fingerprint density at radius 3 is 1.87 bits per heavy atom. The molecule has 0 bridgehead atoms. The van der Waals surface area contributed by atoms with Gasteiger partial charge in [0.25, 0.3) is 0 Å². The first-order chi connectivity index (χ1) is 24.1. The number of fused-ring (bicyclic) bond motifs is 5. The molecule has 0 spiro atoms. The maximum Gasteiger partial charge on any atom is 0.394 e. The number of pyridine rings is 1. The van der Waals surface area contributed by atoms with E-state index in [1.807, 2.05) is 31.3 Å². The van der Waals surface area contributed by atoms with Crippen molar-refractivity contribution in [3.63, 3.8) is 0 Å². The number of alkyl halides is 3. The van der Waals surface area contributed by atoms with Crippen LogP contribution in [0.3, 0.4) is 0 Å². The van der Waals surface area contributed by atoms with Crippen molar-refractivity contribution in [3.05, 3.63) is 88.6 Å². The number of benzene rings is 3. The van der Waals surface area contributed by atoms with Gasteiger partial charge in [0, 0.05) is 59.2 Å². The maximum atomic E-state index is 13.4. The predicted molar refractivity (Wildman–Crippen MR) is 214 cm³/mol. The van der Waals surface area contributed by atoms with Crippen molar-refractivity contribution in [1.29, 1.82) is 0 Å². The summed E-state index contributed by atoms with van der Waals surface area (Å²) >= 11 is 1.45. The summed E-state index contributed by atoms with van der Waals surface area (Å²) in [5, 5.41) is 15.5. The van der Waals surface area contributed by atoms with Gasteiger partial charge in [0.05, 0.1) is 11.2 Å². The molecule has 5 aromatic rings. The molecule has 3 aromatic carbocycles. The van der Waals surface area contributed by atoms with Gasteiger partial charge in [-0.25, -0.2) is 0 Å². The number of aryl methyl sites for hydroxylation is 2. The topological polar surface area (TPSA) is 50.2 Å². The molecule has 3 nitrogen and oxygen atoms in total. The average molecular weight is 923 g/mol. The molecular weight excluding hydrogens is 868 g/mol. The third-order valence-corrected chi connectivity index (χ3v) is 11.2. The standard InChI is InChI=1S/C28H23F3NS.C17H32O2.Ir/c1-16-11-17(2)13-18(12-16)26-23-6-5-21-20(22(23)9-10-32-26)7-8-25-24(21)14-19(33-25)15-27(3,4)28(29,30)31;1-10(2)16(11(3)4)14(18)9-15(19)17(12(5)6)13(7)8;/h5-12,14H,15H2,1-4H3;9-13,16-18H,1-8H3;/q-1;;/b;14-9-;. The van der Waals surface area contributed by atoms with E-state index >= 15 is 0 Å². The second-order valence-electron chi connectivity index (χ2n) is 16.4. The number of thiophene rings is 1. The van der Waals surface area contributed by atoms with Crippen molar-refractivity contribution in [1.82, 2.24) is 4.98 Å². The molecule has 8 heteroatoms. The van der Waals surface area contributed by atoms with Gasteiger partial charge in [0.2, 0.25) is 0 Å². The largest absolute Gasteiger partial charge is 0.512 e. The van der Waals surface area contributed by atoms with Gasteiger partial charge in [0.1, 0.15) is 0 Å². The molecule has 0 aliphatic heterocycles. The molecule has 0 aliphatic rings. The number of rotatable bonds is 10. The van der Waals surface area contributed by atoms with Crippen LogP contribution in [0.15, 0.2) is 66.6 Å². The Morgan fingerprint density at radius 2 is 1.32 bits per heavy atom. The zero-order valence-corrected chi connectivity index (χ0v) is 36.3. The van der Waals surface area contributed by atoms with Crippen LogP contribution >= 0.6 is 11.3 Å². The molecule has 0 aliphatic carbocycles. The molecule has 0 saturated heterocycles. The van der Waals surface area contributed by atoms with Crippen LogP contribution in [0.2, 0.25) is 0 Å². The maximum absolute atomic E-state index is 13.4. The number of aliphatic hydroxyl groups is 1. The Morgan fingerprint density at radius 1 is 0.792 bits per heavy atom. The van der Waals surface area contributed by atoms with Gasteiger partial charge in [0.15, 0.2) is 5.78 Å². The molecule has 53 heavy (non-hydrogen) atoms. The Bertz CT molecular complexity index is 2040. The summed E-state index contributed by atoms with van der Waals surface area (Å²) in [5.41, 5.74) is 2.32. The van der Waals surface area contributed by atoms with E-state index < -0.39 is 11.6 Å². The first-order valence-electron chi connectivity index (χ1n) is 18.4. The van der Waals surface area contributed by atoms with E-state index in [1.54, 1.807) is 0 Å². The minimum atomic E-state index is -4.24. The number of carbonyl (C=O) groups is 1. The zero-order chi connectivity index (χ0) is 38.9. The third kappa shape index (κ3) is 10.2. The molecule has 5 rings (SSSR count). The van der Waals surface area contributed by atoms with E-state index in [1.165, 1.54) is 31.3 Å². The Labute approximate surface area is 331 Å². The van der Waals surface area contributed by atoms with Gasteiger partial charge >= 0.3 is 6.18 Å². The first kappa shape index (κ1) is 44.3. The summed E-state index contributed by atoms with van der Waals surface area (Å²) in [6.45, 7) is 23.2. The fourth-order valence-electron chi connectivity index (χ4n) is 7.72. The van der Waals surface area contributed by atoms with E-state index in [-0.39, 0.29) is 49.9 Å². The van der Waals surface area contributed by atoms with Crippen LogP contribution in [0.5, 0.6) is 0 Å². The second-order valence-corrected chi connectivity index (χ2v) is 17.6. The van der Waals surface area contributed by atoms with Crippen molar-refractivity contribution in [2.24, 2.45) is 40.9 Å². The van der Waals surface area contributed by atoms with Crippen LogP contribution < -0.4 is 0 Å². The molecule has 1 N–H and O–H groups in total. The van der Waals surface area contributed by atoms with Crippen LogP contribution in [0.1, 0.15) is 85.2 Å². The summed E-state index contributed by atoms with van der Waals surface area (Å²) in [4.78, 5) is 17.8. The van der Waals surface area contributed by atoms with Crippen LogP contribution in [0, 0.1) is 60.8 Å². The number of halogens is 3. The SMILES string of the molecule is CC(C)C(C(=O)/C=C(\O)C(C(C)C)C(C)C)C(C)C.Cc1[c-]c(-c2nccc3c2ccc2c4cc(CC(C)(C)C(F)(F)F)sc4ccc32)cc(C)c1.[Ir]. The van der Waals surface area contributed by atoms with Gasteiger partial charge in [-0.2, -0.15) is 13.2 Å². The fourth-order valence-corrected chi connectivity index (χ4v) is 9.03. The summed E-state index contributed by atoms with van der Waals surface area (Å²) in [6.07, 6.45) is -0.968. The van der Waals surface area contributed by atoms with Crippen molar-refractivity contribution in [3.8, 4) is 11.3 Å². The molecule has 289 valence electrons. The molecule has 2 aromatic heterocycles. The van der Waals surface area contributed by atoms with Gasteiger partial charge in [-0.15, -0.1) is 46.2 Å². The van der Waals surface area contributed by atoms with Gasteiger partial charge in [-0.1, -0.05) is 101 Å². The second kappa shape index (κ2) is 17.6. The number of hydrogen-bond donors (Lipinski definition) is 1. The molecule has 1 radical (unpaired) electrons. The van der Waals surface area contributed by atoms with Crippen molar-refractivity contribution >= 4 is 48.8 Å². The smallest absolute Gasteiger partial charge is 0.394 e.